The third kappa shape index (κ3) is 4.34. The van der Waals surface area contributed by atoms with E-state index in [9.17, 15) is 14.9 Å². The lowest BCUT2D eigenvalue weighted by Gasteiger charge is -2.01. The van der Waals surface area contributed by atoms with Crippen LogP contribution in [-0.2, 0) is 0 Å². The topological polar surface area (TPSA) is 108 Å². The number of non-ortho nitro benzene ring substituents is 1. The van der Waals surface area contributed by atoms with E-state index in [4.69, 9.17) is 0 Å². The molecule has 0 saturated heterocycles. The van der Waals surface area contributed by atoms with Gasteiger partial charge < -0.3 is 0 Å². The Bertz CT molecular complexity index is 1570. The largest absolute Gasteiger partial charge is 0.297 e. The number of nitro benzene ring substituents is 1. The lowest BCUT2D eigenvalue weighted by Crippen LogP contribution is -2.09. The van der Waals surface area contributed by atoms with Crippen molar-refractivity contribution in [2.75, 3.05) is 6.54 Å². The van der Waals surface area contributed by atoms with Crippen molar-refractivity contribution in [3.8, 4) is 16.9 Å². The Hall–Kier alpha value is -4.92. The molecule has 0 aliphatic rings. The molecule has 0 fully saturated rings. The first-order chi connectivity index (χ1) is 17.0. The summed E-state index contributed by atoms with van der Waals surface area (Å²) in [5.41, 5.74) is 4.72. The molecular weight excluding hydrogens is 444 g/mol. The van der Waals surface area contributed by atoms with E-state index in [1.807, 2.05) is 60.9 Å². The van der Waals surface area contributed by atoms with Gasteiger partial charge in [0.2, 0.25) is 5.78 Å². The first-order valence-corrected chi connectivity index (χ1v) is 10.9. The standard InChI is InChI=1S/C26H20N6O3/c1-18-26(30-14-6-5-9-24(30)28-18)23(33)16-27-15-20-17-31(21-7-3-2-4-8-21)29-25(20)19-10-12-22(13-11-19)32(34)35/h2-15,17H,16H2,1H3. The van der Waals surface area contributed by atoms with Gasteiger partial charge in [0.1, 0.15) is 23.6 Å². The predicted octanol–water partition coefficient (Wildman–Crippen LogP) is 4.71. The van der Waals surface area contributed by atoms with E-state index in [0.29, 0.717) is 33.9 Å². The summed E-state index contributed by atoms with van der Waals surface area (Å²) in [6.07, 6.45) is 5.24. The molecule has 0 N–H and O–H groups in total. The lowest BCUT2D eigenvalue weighted by molar-refractivity contribution is -0.384. The van der Waals surface area contributed by atoms with E-state index in [1.54, 1.807) is 34.4 Å². The molecule has 0 saturated carbocycles. The summed E-state index contributed by atoms with van der Waals surface area (Å²) in [4.78, 5) is 32.4. The predicted molar refractivity (Wildman–Crippen MR) is 132 cm³/mol. The summed E-state index contributed by atoms with van der Waals surface area (Å²) in [6.45, 7) is 1.75. The Morgan fingerprint density at radius 3 is 2.54 bits per heavy atom. The highest BCUT2D eigenvalue weighted by Crippen LogP contribution is 2.25. The summed E-state index contributed by atoms with van der Waals surface area (Å²) in [6, 6.07) is 21.3. The number of pyridine rings is 1. The smallest absolute Gasteiger partial charge is 0.269 e. The average molecular weight is 464 g/mol. The number of nitrogens with zero attached hydrogens (tertiary/aromatic N) is 6. The maximum atomic E-state index is 13.0. The lowest BCUT2D eigenvalue weighted by atomic mass is 10.1. The fourth-order valence-electron chi connectivity index (χ4n) is 3.91. The van der Waals surface area contributed by atoms with Crippen LogP contribution >= 0.6 is 0 Å². The number of Topliss-reactive ketones (excluding diaryl/α,β-unsaturated/α-hetero) is 1. The second-order valence-electron chi connectivity index (χ2n) is 7.88. The molecular formula is C26H20N6O3. The van der Waals surface area contributed by atoms with Gasteiger partial charge in [0.25, 0.3) is 5.69 Å². The zero-order valence-electron chi connectivity index (χ0n) is 18.8. The summed E-state index contributed by atoms with van der Waals surface area (Å²) in [7, 11) is 0. The van der Waals surface area contributed by atoms with Crippen molar-refractivity contribution in [2.45, 2.75) is 6.92 Å². The van der Waals surface area contributed by atoms with Crippen LogP contribution in [-0.4, -0.2) is 42.6 Å². The number of benzene rings is 2. The third-order valence-corrected chi connectivity index (χ3v) is 5.55. The number of carbonyl (C=O) groups is 1. The van der Waals surface area contributed by atoms with Gasteiger partial charge in [-0.25, -0.2) is 9.67 Å². The molecule has 0 bridgehead atoms. The Balaban J connectivity index is 1.47. The minimum Gasteiger partial charge on any atom is -0.297 e. The van der Waals surface area contributed by atoms with Gasteiger partial charge in [0.05, 0.1) is 16.3 Å². The molecule has 0 atom stereocenters. The summed E-state index contributed by atoms with van der Waals surface area (Å²) in [5.74, 6) is -0.148. The van der Waals surface area contributed by atoms with E-state index in [-0.39, 0.29) is 18.0 Å². The molecule has 0 aliphatic carbocycles. The molecule has 35 heavy (non-hydrogen) atoms. The number of aromatic nitrogens is 4. The maximum Gasteiger partial charge on any atom is 0.269 e. The van der Waals surface area contributed by atoms with E-state index in [0.717, 1.165) is 5.69 Å². The fourth-order valence-corrected chi connectivity index (χ4v) is 3.91. The van der Waals surface area contributed by atoms with Crippen molar-refractivity contribution in [3.63, 3.8) is 0 Å². The molecule has 0 amide bonds. The Kier molecular flexibility index (Phi) is 5.72. The van der Waals surface area contributed by atoms with Gasteiger partial charge in [-0.05, 0) is 43.3 Å². The number of ketones is 1. The Morgan fingerprint density at radius 1 is 1.06 bits per heavy atom. The maximum absolute atomic E-state index is 13.0. The number of nitro groups is 1. The molecule has 0 unspecified atom stereocenters. The van der Waals surface area contributed by atoms with E-state index in [2.05, 4.69) is 15.1 Å². The molecule has 172 valence electrons. The number of para-hydroxylation sites is 1. The van der Waals surface area contributed by atoms with E-state index >= 15 is 0 Å². The molecule has 0 aliphatic heterocycles. The van der Waals surface area contributed by atoms with Crippen LogP contribution in [0.25, 0.3) is 22.6 Å². The third-order valence-electron chi connectivity index (χ3n) is 5.55. The van der Waals surface area contributed by atoms with E-state index < -0.39 is 4.92 Å². The molecule has 9 heteroatoms. The minimum absolute atomic E-state index is 0.000425. The molecule has 5 rings (SSSR count). The van der Waals surface area contributed by atoms with Gasteiger partial charge in [-0.3, -0.25) is 24.3 Å². The highest BCUT2D eigenvalue weighted by molar-refractivity contribution is 5.99. The van der Waals surface area contributed by atoms with Crippen molar-refractivity contribution < 1.29 is 9.72 Å². The van der Waals surface area contributed by atoms with Crippen LogP contribution < -0.4 is 0 Å². The van der Waals surface area contributed by atoms with E-state index in [1.165, 1.54) is 12.1 Å². The van der Waals surface area contributed by atoms with Crippen LogP contribution in [0, 0.1) is 17.0 Å². The molecule has 0 radical (unpaired) electrons. The number of imidazole rings is 1. The zero-order chi connectivity index (χ0) is 24.4. The van der Waals surface area contributed by atoms with Crippen LogP contribution in [0.3, 0.4) is 0 Å². The average Bonchev–Trinajstić information content (AvgIpc) is 3.45. The molecule has 3 aromatic heterocycles. The fraction of sp³-hybridized carbons (Fsp3) is 0.0769. The van der Waals surface area contributed by atoms with Gasteiger partial charge >= 0.3 is 0 Å². The minimum atomic E-state index is -0.442. The number of fused-ring (bicyclic) bond motifs is 1. The van der Waals surface area contributed by atoms with Gasteiger partial charge in [-0.2, -0.15) is 5.10 Å². The SMILES string of the molecule is Cc1nc2ccccn2c1C(=O)CN=Cc1cn(-c2ccccc2)nc1-c1ccc([N+](=O)[O-])cc1. The van der Waals surface area contributed by atoms with Crippen molar-refractivity contribution in [3.05, 3.63) is 112 Å². The number of aliphatic imine (C=N–C) groups is 1. The number of aryl methyl sites for hydroxylation is 1. The highest BCUT2D eigenvalue weighted by atomic mass is 16.6. The molecule has 5 aromatic rings. The quantitative estimate of drug-likeness (QED) is 0.150. The summed E-state index contributed by atoms with van der Waals surface area (Å²) in [5, 5.41) is 15.7. The normalized spacial score (nSPS) is 11.3. The van der Waals surface area contributed by atoms with Gasteiger partial charge in [-0.15, -0.1) is 0 Å². The zero-order valence-corrected chi connectivity index (χ0v) is 18.8. The molecule has 9 nitrogen and oxygen atoms in total. The number of hydrogen-bond acceptors (Lipinski definition) is 6. The van der Waals surface area contributed by atoms with Crippen molar-refractivity contribution in [1.82, 2.24) is 19.2 Å². The molecule has 3 heterocycles. The number of rotatable bonds is 7. The first kappa shape index (κ1) is 21.9. The first-order valence-electron chi connectivity index (χ1n) is 10.9. The molecule has 2 aromatic carbocycles. The van der Waals surface area contributed by atoms with Gasteiger partial charge in [0, 0.05) is 41.9 Å². The summed E-state index contributed by atoms with van der Waals surface area (Å²) < 4.78 is 3.48. The second-order valence-corrected chi connectivity index (χ2v) is 7.88. The second kappa shape index (κ2) is 9.14. The van der Waals surface area contributed by atoms with Crippen molar-refractivity contribution >= 4 is 23.3 Å². The van der Waals surface area contributed by atoms with Crippen LogP contribution in [0.15, 0.2) is 90.2 Å². The van der Waals surface area contributed by atoms with Crippen LogP contribution in [0.4, 0.5) is 5.69 Å². The van der Waals surface area contributed by atoms with Crippen molar-refractivity contribution in [1.29, 1.82) is 0 Å². The summed E-state index contributed by atoms with van der Waals surface area (Å²) >= 11 is 0. The van der Waals surface area contributed by atoms with Gasteiger partial charge in [-0.1, -0.05) is 24.3 Å². The number of hydrogen-bond donors (Lipinski definition) is 0. The van der Waals surface area contributed by atoms with Crippen molar-refractivity contribution in [2.24, 2.45) is 4.99 Å². The monoisotopic (exact) mass is 464 g/mol. The highest BCUT2D eigenvalue weighted by Gasteiger charge is 2.16. The molecule has 0 spiro atoms. The van der Waals surface area contributed by atoms with Crippen LogP contribution in [0.1, 0.15) is 21.7 Å². The number of carbonyl (C=O) groups excluding carboxylic acids is 1. The van der Waals surface area contributed by atoms with Crippen LogP contribution in [0.2, 0.25) is 0 Å². The van der Waals surface area contributed by atoms with Gasteiger partial charge in [0.15, 0.2) is 0 Å². The Labute approximate surface area is 200 Å². The van der Waals surface area contributed by atoms with Crippen LogP contribution in [0.5, 0.6) is 0 Å². The Morgan fingerprint density at radius 2 is 1.80 bits per heavy atom.